The van der Waals surface area contributed by atoms with Gasteiger partial charge >= 0.3 is 0 Å². The monoisotopic (exact) mass is 267 g/mol. The average molecular weight is 267 g/mol. The van der Waals surface area contributed by atoms with E-state index in [0.717, 1.165) is 12.8 Å². The van der Waals surface area contributed by atoms with E-state index in [-0.39, 0.29) is 0 Å². The molecule has 1 aliphatic heterocycles. The Balaban J connectivity index is 1.73. The lowest BCUT2D eigenvalue weighted by molar-refractivity contribution is 1.16. The highest BCUT2D eigenvalue weighted by Gasteiger charge is 2.18. The number of hydrogen-bond donors (Lipinski definition) is 0. The van der Waals surface area contributed by atoms with E-state index in [2.05, 4.69) is 80.1 Å². The van der Waals surface area contributed by atoms with Gasteiger partial charge in [-0.05, 0) is 35.1 Å². The second-order valence-corrected chi connectivity index (χ2v) is 5.67. The van der Waals surface area contributed by atoms with Crippen LogP contribution in [0.15, 0.2) is 72.8 Å². The van der Waals surface area contributed by atoms with E-state index in [1.165, 1.54) is 33.2 Å². The zero-order valence-electron chi connectivity index (χ0n) is 11.9. The quantitative estimate of drug-likeness (QED) is 0.490. The van der Waals surface area contributed by atoms with Crippen LogP contribution in [0, 0.1) is 0 Å². The molecule has 0 fully saturated rings. The molecule has 1 aliphatic rings. The van der Waals surface area contributed by atoms with Crippen LogP contribution in [0.3, 0.4) is 0 Å². The molecule has 4 rings (SSSR count). The third kappa shape index (κ3) is 2.40. The van der Waals surface area contributed by atoms with Gasteiger partial charge in [0.05, 0.1) is 0 Å². The Hall–Kier alpha value is -2.28. The average Bonchev–Trinajstić information content (AvgIpc) is 2.54. The molecule has 0 atom stereocenters. The van der Waals surface area contributed by atoms with Crippen LogP contribution in [0.4, 0.5) is 0 Å². The van der Waals surface area contributed by atoms with Gasteiger partial charge < -0.3 is 0 Å². The first-order valence-corrected chi connectivity index (χ1v) is 7.47. The summed E-state index contributed by atoms with van der Waals surface area (Å²) in [4.78, 5) is 0. The van der Waals surface area contributed by atoms with Crippen LogP contribution in [0.2, 0.25) is 0 Å². The van der Waals surface area contributed by atoms with Gasteiger partial charge in [-0.2, -0.15) is 0 Å². The SMILES string of the molecule is [B]1c2ccccc2Cc2cccc(Cc3ccccc3)c21. The lowest BCUT2D eigenvalue weighted by Gasteiger charge is -2.22. The Morgan fingerprint density at radius 1 is 0.714 bits per heavy atom. The highest BCUT2D eigenvalue weighted by atomic mass is 14.1. The van der Waals surface area contributed by atoms with Crippen LogP contribution >= 0.6 is 0 Å². The maximum Gasteiger partial charge on any atom is 0.192 e. The molecule has 1 radical (unpaired) electrons. The molecule has 0 amide bonds. The Morgan fingerprint density at radius 2 is 1.48 bits per heavy atom. The minimum atomic E-state index is 1.00. The number of hydrogen-bond acceptors (Lipinski definition) is 0. The van der Waals surface area contributed by atoms with Crippen molar-refractivity contribution in [2.75, 3.05) is 0 Å². The first-order valence-electron chi connectivity index (χ1n) is 7.47. The number of benzene rings is 3. The van der Waals surface area contributed by atoms with Gasteiger partial charge in [0.1, 0.15) is 0 Å². The van der Waals surface area contributed by atoms with Crippen molar-refractivity contribution in [3.8, 4) is 0 Å². The van der Waals surface area contributed by atoms with Crippen molar-refractivity contribution in [3.63, 3.8) is 0 Å². The van der Waals surface area contributed by atoms with Crippen LogP contribution in [-0.4, -0.2) is 7.28 Å². The summed E-state index contributed by atoms with van der Waals surface area (Å²) in [6.07, 6.45) is 2.05. The van der Waals surface area contributed by atoms with E-state index >= 15 is 0 Å². The molecule has 0 bridgehead atoms. The van der Waals surface area contributed by atoms with Crippen molar-refractivity contribution in [1.29, 1.82) is 0 Å². The third-order valence-electron chi connectivity index (χ3n) is 4.26. The summed E-state index contributed by atoms with van der Waals surface area (Å²) in [7, 11) is 2.35. The molecule has 99 valence electrons. The summed E-state index contributed by atoms with van der Waals surface area (Å²) in [6.45, 7) is 0. The van der Waals surface area contributed by atoms with Gasteiger partial charge in [-0.3, -0.25) is 0 Å². The van der Waals surface area contributed by atoms with Gasteiger partial charge in [0.15, 0.2) is 7.28 Å². The highest BCUT2D eigenvalue weighted by Crippen LogP contribution is 2.15. The minimum Gasteiger partial charge on any atom is -0.0779 e. The fourth-order valence-electron chi connectivity index (χ4n) is 3.17. The summed E-state index contributed by atoms with van der Waals surface area (Å²) in [6, 6.07) is 26.1. The highest BCUT2D eigenvalue weighted by molar-refractivity contribution is 6.69. The van der Waals surface area contributed by atoms with Gasteiger partial charge in [-0.1, -0.05) is 83.7 Å². The summed E-state index contributed by atoms with van der Waals surface area (Å²) >= 11 is 0. The molecular formula is C20H16B. The van der Waals surface area contributed by atoms with Crippen molar-refractivity contribution in [2.24, 2.45) is 0 Å². The predicted molar refractivity (Wildman–Crippen MR) is 90.0 cm³/mol. The van der Waals surface area contributed by atoms with Gasteiger partial charge in [0.25, 0.3) is 0 Å². The molecule has 0 saturated heterocycles. The minimum absolute atomic E-state index is 1.00. The Morgan fingerprint density at radius 3 is 2.38 bits per heavy atom. The zero-order chi connectivity index (χ0) is 14.1. The third-order valence-corrected chi connectivity index (χ3v) is 4.26. The van der Waals surface area contributed by atoms with E-state index in [1.807, 2.05) is 0 Å². The van der Waals surface area contributed by atoms with Crippen molar-refractivity contribution in [3.05, 3.63) is 95.1 Å². The second-order valence-electron chi connectivity index (χ2n) is 5.67. The molecule has 0 aromatic heterocycles. The smallest absolute Gasteiger partial charge is 0.0779 e. The molecule has 3 aromatic rings. The Bertz CT molecular complexity index is 775. The van der Waals surface area contributed by atoms with Crippen molar-refractivity contribution in [1.82, 2.24) is 0 Å². The fraction of sp³-hybridized carbons (Fsp3) is 0.100. The maximum atomic E-state index is 2.35. The van der Waals surface area contributed by atoms with Crippen molar-refractivity contribution < 1.29 is 0 Å². The summed E-state index contributed by atoms with van der Waals surface area (Å²) in [5.41, 5.74) is 8.46. The van der Waals surface area contributed by atoms with Crippen LogP contribution < -0.4 is 10.9 Å². The zero-order valence-corrected chi connectivity index (χ0v) is 11.9. The normalized spacial score (nSPS) is 12.2. The fourth-order valence-corrected chi connectivity index (χ4v) is 3.17. The summed E-state index contributed by atoms with van der Waals surface area (Å²) in [5, 5.41) is 0. The van der Waals surface area contributed by atoms with Crippen LogP contribution in [0.5, 0.6) is 0 Å². The number of rotatable bonds is 2. The van der Waals surface area contributed by atoms with E-state index in [4.69, 9.17) is 0 Å². The lowest BCUT2D eigenvalue weighted by atomic mass is 9.55. The molecule has 0 spiro atoms. The topological polar surface area (TPSA) is 0 Å². The predicted octanol–water partition coefficient (Wildman–Crippen LogP) is 2.84. The lowest BCUT2D eigenvalue weighted by Crippen LogP contribution is -2.39. The maximum absolute atomic E-state index is 2.35. The molecule has 1 heteroatoms. The number of fused-ring (bicyclic) bond motifs is 2. The van der Waals surface area contributed by atoms with Gasteiger partial charge in [0.2, 0.25) is 0 Å². The first-order chi connectivity index (χ1) is 10.4. The molecule has 0 nitrogen and oxygen atoms in total. The Labute approximate surface area is 126 Å². The van der Waals surface area contributed by atoms with Crippen molar-refractivity contribution in [2.45, 2.75) is 12.8 Å². The van der Waals surface area contributed by atoms with Gasteiger partial charge in [-0.25, -0.2) is 0 Å². The largest absolute Gasteiger partial charge is 0.192 e. The molecule has 0 N–H and O–H groups in total. The first kappa shape index (κ1) is 12.5. The Kier molecular flexibility index (Phi) is 3.12. The van der Waals surface area contributed by atoms with Crippen LogP contribution in [-0.2, 0) is 12.8 Å². The molecule has 21 heavy (non-hydrogen) atoms. The van der Waals surface area contributed by atoms with Crippen molar-refractivity contribution >= 4 is 18.2 Å². The van der Waals surface area contributed by atoms with Crippen LogP contribution in [0.25, 0.3) is 0 Å². The van der Waals surface area contributed by atoms with E-state index in [9.17, 15) is 0 Å². The molecule has 0 saturated carbocycles. The van der Waals surface area contributed by atoms with E-state index in [0.29, 0.717) is 0 Å². The van der Waals surface area contributed by atoms with Gasteiger partial charge in [-0.15, -0.1) is 0 Å². The van der Waals surface area contributed by atoms with E-state index < -0.39 is 0 Å². The molecule has 0 aliphatic carbocycles. The summed E-state index contributed by atoms with van der Waals surface area (Å²) < 4.78 is 0. The summed E-state index contributed by atoms with van der Waals surface area (Å²) in [5.74, 6) is 0. The van der Waals surface area contributed by atoms with Crippen LogP contribution in [0.1, 0.15) is 22.3 Å². The van der Waals surface area contributed by atoms with Gasteiger partial charge in [0, 0.05) is 0 Å². The molecule has 3 aromatic carbocycles. The molecule has 1 heterocycles. The second kappa shape index (κ2) is 5.25. The van der Waals surface area contributed by atoms with E-state index in [1.54, 1.807) is 0 Å². The standard InChI is InChI=1S/C20H16B/c1-2-7-15(8-3-1)13-17-10-6-11-18-14-16-9-4-5-12-19(16)21-20(17)18/h1-12H,13-14H2. The molecule has 0 unspecified atom stereocenters. The molecular weight excluding hydrogens is 251 g/mol.